The molecular formula is C25H16N2O2. The van der Waals surface area contributed by atoms with Crippen LogP contribution in [0.3, 0.4) is 0 Å². The molecule has 0 unspecified atom stereocenters. The zero-order valence-corrected chi connectivity index (χ0v) is 15.6. The van der Waals surface area contributed by atoms with Gasteiger partial charge in [0.15, 0.2) is 11.6 Å². The summed E-state index contributed by atoms with van der Waals surface area (Å²) in [5, 5.41) is 18.0. The van der Waals surface area contributed by atoms with Gasteiger partial charge in [-0.15, -0.1) is 0 Å². The lowest BCUT2D eigenvalue weighted by Gasteiger charge is -2.26. The third-order valence-corrected chi connectivity index (χ3v) is 5.46. The van der Waals surface area contributed by atoms with E-state index in [-0.39, 0.29) is 24.4 Å². The summed E-state index contributed by atoms with van der Waals surface area (Å²) in [6, 6.07) is 25.1. The summed E-state index contributed by atoms with van der Waals surface area (Å²) in [6.45, 7) is 0. The fourth-order valence-corrected chi connectivity index (χ4v) is 3.97. The molecule has 0 fully saturated rings. The number of hydrogen-bond acceptors (Lipinski definition) is 4. The SMILES string of the molecule is N#Cc1ccc(CC2(Cc3ccc(C#N)cc3)C(=O)c3ccccc3C2=O)cc1. The van der Waals surface area contributed by atoms with E-state index >= 15 is 0 Å². The monoisotopic (exact) mass is 376 g/mol. The first-order chi connectivity index (χ1) is 14.1. The van der Waals surface area contributed by atoms with Crippen molar-refractivity contribution in [3.63, 3.8) is 0 Å². The Morgan fingerprint density at radius 2 is 1.00 bits per heavy atom. The molecule has 1 aliphatic rings. The minimum absolute atomic E-state index is 0.174. The maximum Gasteiger partial charge on any atom is 0.178 e. The van der Waals surface area contributed by atoms with Crippen LogP contribution in [0.4, 0.5) is 0 Å². The molecule has 0 atom stereocenters. The van der Waals surface area contributed by atoms with Crippen LogP contribution in [-0.4, -0.2) is 11.6 Å². The van der Waals surface area contributed by atoms with Gasteiger partial charge in [-0.05, 0) is 48.2 Å². The van der Waals surface area contributed by atoms with Crippen molar-refractivity contribution >= 4 is 11.6 Å². The second kappa shape index (κ2) is 7.19. The zero-order chi connectivity index (χ0) is 20.4. The normalized spacial score (nSPS) is 14.1. The van der Waals surface area contributed by atoms with E-state index in [9.17, 15) is 9.59 Å². The summed E-state index contributed by atoms with van der Waals surface area (Å²) in [5.41, 5.74) is 2.40. The van der Waals surface area contributed by atoms with Gasteiger partial charge in [0, 0.05) is 11.1 Å². The molecule has 138 valence electrons. The van der Waals surface area contributed by atoms with E-state index in [0.29, 0.717) is 22.3 Å². The van der Waals surface area contributed by atoms with Crippen LogP contribution in [0.5, 0.6) is 0 Å². The number of ketones is 2. The van der Waals surface area contributed by atoms with Crippen LogP contribution < -0.4 is 0 Å². The van der Waals surface area contributed by atoms with Crippen molar-refractivity contribution in [2.24, 2.45) is 5.41 Å². The number of hydrogen-bond donors (Lipinski definition) is 0. The van der Waals surface area contributed by atoms with Crippen LogP contribution in [0.25, 0.3) is 0 Å². The Balaban J connectivity index is 1.78. The van der Waals surface area contributed by atoms with E-state index in [2.05, 4.69) is 12.1 Å². The minimum Gasteiger partial charge on any atom is -0.293 e. The first-order valence-electron chi connectivity index (χ1n) is 9.24. The van der Waals surface area contributed by atoms with Crippen molar-refractivity contribution < 1.29 is 9.59 Å². The maximum absolute atomic E-state index is 13.5. The van der Waals surface area contributed by atoms with Gasteiger partial charge in [-0.25, -0.2) is 0 Å². The topological polar surface area (TPSA) is 81.7 Å². The third-order valence-electron chi connectivity index (χ3n) is 5.46. The number of Topliss-reactive ketones (excluding diaryl/α,β-unsaturated/α-hetero) is 2. The van der Waals surface area contributed by atoms with Gasteiger partial charge in [0.1, 0.15) is 5.41 Å². The second-order valence-electron chi connectivity index (χ2n) is 7.26. The van der Waals surface area contributed by atoms with Crippen LogP contribution >= 0.6 is 0 Å². The van der Waals surface area contributed by atoms with Gasteiger partial charge >= 0.3 is 0 Å². The average Bonchev–Trinajstić information content (AvgIpc) is 2.97. The first-order valence-corrected chi connectivity index (χ1v) is 9.24. The molecule has 4 heteroatoms. The quantitative estimate of drug-likeness (QED) is 0.636. The predicted octanol–water partition coefficient (Wildman–Crippen LogP) is 4.28. The number of carbonyl (C=O) groups excluding carboxylic acids is 2. The molecule has 4 nitrogen and oxygen atoms in total. The van der Waals surface area contributed by atoms with Gasteiger partial charge in [-0.3, -0.25) is 9.59 Å². The maximum atomic E-state index is 13.5. The summed E-state index contributed by atoms with van der Waals surface area (Å²) in [6.07, 6.45) is 0.510. The lowest BCUT2D eigenvalue weighted by atomic mass is 9.72. The summed E-state index contributed by atoms with van der Waals surface area (Å²) in [7, 11) is 0. The fourth-order valence-electron chi connectivity index (χ4n) is 3.97. The summed E-state index contributed by atoms with van der Waals surface area (Å²) < 4.78 is 0. The van der Waals surface area contributed by atoms with Crippen molar-refractivity contribution in [2.45, 2.75) is 12.8 Å². The number of fused-ring (bicyclic) bond motifs is 1. The van der Waals surface area contributed by atoms with Crippen molar-refractivity contribution in [2.75, 3.05) is 0 Å². The second-order valence-corrected chi connectivity index (χ2v) is 7.26. The van der Waals surface area contributed by atoms with Crippen LogP contribution in [0.2, 0.25) is 0 Å². The zero-order valence-electron chi connectivity index (χ0n) is 15.6. The summed E-state index contributed by atoms with van der Waals surface area (Å²) >= 11 is 0. The number of benzene rings is 3. The average molecular weight is 376 g/mol. The number of carbonyl (C=O) groups is 2. The first kappa shape index (κ1) is 18.3. The molecule has 0 saturated heterocycles. The van der Waals surface area contributed by atoms with Gasteiger partial charge in [0.2, 0.25) is 0 Å². The van der Waals surface area contributed by atoms with Crippen LogP contribution in [0, 0.1) is 28.1 Å². The summed E-state index contributed by atoms with van der Waals surface area (Å²) in [4.78, 5) is 26.9. The fraction of sp³-hybridized carbons (Fsp3) is 0.120. The Kier molecular flexibility index (Phi) is 4.55. The predicted molar refractivity (Wildman–Crippen MR) is 107 cm³/mol. The number of nitrogens with zero attached hydrogens (tertiary/aromatic N) is 2. The molecule has 0 bridgehead atoms. The van der Waals surface area contributed by atoms with Gasteiger partial charge in [0.05, 0.1) is 23.3 Å². The molecule has 0 heterocycles. The molecule has 4 rings (SSSR count). The van der Waals surface area contributed by atoms with E-state index < -0.39 is 5.41 Å². The molecule has 3 aromatic rings. The third kappa shape index (κ3) is 3.12. The Bertz CT molecular complexity index is 1100. The van der Waals surface area contributed by atoms with Crippen LogP contribution in [0.1, 0.15) is 43.0 Å². The minimum atomic E-state index is -1.23. The molecule has 0 amide bonds. The molecule has 1 aliphatic carbocycles. The molecule has 29 heavy (non-hydrogen) atoms. The number of rotatable bonds is 4. The molecule has 0 radical (unpaired) electrons. The lowest BCUT2D eigenvalue weighted by Crippen LogP contribution is -2.38. The highest BCUT2D eigenvalue weighted by Gasteiger charge is 2.52. The summed E-state index contributed by atoms with van der Waals surface area (Å²) in [5.74, 6) is -0.348. The van der Waals surface area contributed by atoms with Crippen molar-refractivity contribution in [1.82, 2.24) is 0 Å². The largest absolute Gasteiger partial charge is 0.293 e. The smallest absolute Gasteiger partial charge is 0.178 e. The molecule has 0 N–H and O–H groups in total. The molecule has 0 spiro atoms. The van der Waals surface area contributed by atoms with Gasteiger partial charge in [-0.1, -0.05) is 48.5 Å². The Labute approximate surface area is 168 Å². The molecule has 0 aliphatic heterocycles. The van der Waals surface area contributed by atoms with Gasteiger partial charge < -0.3 is 0 Å². The van der Waals surface area contributed by atoms with Gasteiger partial charge in [0.25, 0.3) is 0 Å². The van der Waals surface area contributed by atoms with Crippen LogP contribution in [-0.2, 0) is 12.8 Å². The van der Waals surface area contributed by atoms with E-state index in [4.69, 9.17) is 10.5 Å². The highest BCUT2D eigenvalue weighted by Crippen LogP contribution is 2.42. The van der Waals surface area contributed by atoms with E-state index in [1.165, 1.54) is 0 Å². The van der Waals surface area contributed by atoms with Gasteiger partial charge in [-0.2, -0.15) is 10.5 Å². The Morgan fingerprint density at radius 1 is 0.621 bits per heavy atom. The highest BCUT2D eigenvalue weighted by atomic mass is 16.2. The highest BCUT2D eigenvalue weighted by molar-refractivity contribution is 6.29. The molecule has 0 aromatic heterocycles. The standard InChI is InChI=1S/C25H16N2O2/c26-15-19-9-5-17(6-10-19)13-25(14-18-7-11-20(16-27)12-8-18)23(28)21-3-1-2-4-22(21)24(25)29/h1-12H,13-14H2. The molecule has 0 saturated carbocycles. The van der Waals surface area contributed by atoms with E-state index in [1.807, 2.05) is 0 Å². The van der Waals surface area contributed by atoms with Crippen LogP contribution in [0.15, 0.2) is 72.8 Å². The lowest BCUT2D eigenvalue weighted by molar-refractivity contribution is 0.0695. The molecule has 3 aromatic carbocycles. The molecular weight excluding hydrogens is 360 g/mol. The Hall–Kier alpha value is -4.02. The Morgan fingerprint density at radius 3 is 1.34 bits per heavy atom. The van der Waals surface area contributed by atoms with E-state index in [0.717, 1.165) is 11.1 Å². The van der Waals surface area contributed by atoms with Crippen molar-refractivity contribution in [1.29, 1.82) is 10.5 Å². The number of nitriles is 2. The van der Waals surface area contributed by atoms with Crippen molar-refractivity contribution in [3.05, 3.63) is 106 Å². The van der Waals surface area contributed by atoms with Crippen molar-refractivity contribution in [3.8, 4) is 12.1 Å². The van der Waals surface area contributed by atoms with E-state index in [1.54, 1.807) is 72.8 Å².